The predicted molar refractivity (Wildman–Crippen MR) is 149 cm³/mol. The SMILES string of the molecule is Cc1nc(CN2CC(C)N(C(=O)c3cc4c(-c5ccnc(C(C)(C)C)n5)cn(C)c4cc3C)CC2C)co1. The van der Waals surface area contributed by atoms with Crippen molar-refractivity contribution in [2.75, 3.05) is 13.1 Å². The number of hydrogen-bond acceptors (Lipinski definition) is 6. The number of oxazole rings is 1. The Hall–Kier alpha value is -3.52. The molecule has 3 aromatic heterocycles. The standard InChI is InChI=1S/C30H38N6O2/c1-18-11-27-24(25(16-34(27)8)26-9-10-31-29(33-26)30(5,6)7)12-23(18)28(37)36-14-19(2)35(13-20(36)3)15-22-17-38-21(4)32-22/h9-12,16-17,19-20H,13-15H2,1-8H3. The van der Waals surface area contributed by atoms with Gasteiger partial charge in [-0.25, -0.2) is 15.0 Å². The lowest BCUT2D eigenvalue weighted by atomic mass is 9.95. The summed E-state index contributed by atoms with van der Waals surface area (Å²) in [4.78, 5) is 32.2. The Morgan fingerprint density at radius 2 is 1.87 bits per heavy atom. The Morgan fingerprint density at radius 1 is 1.11 bits per heavy atom. The van der Waals surface area contributed by atoms with E-state index in [1.165, 1.54) is 0 Å². The average Bonchev–Trinajstić information content (AvgIpc) is 3.42. The van der Waals surface area contributed by atoms with Crippen LogP contribution in [0.4, 0.5) is 0 Å². The second kappa shape index (κ2) is 9.66. The van der Waals surface area contributed by atoms with Gasteiger partial charge in [-0.3, -0.25) is 9.69 Å². The largest absolute Gasteiger partial charge is 0.449 e. The minimum absolute atomic E-state index is 0.0771. The van der Waals surface area contributed by atoms with Crippen LogP contribution in [0.1, 0.15) is 67.9 Å². The minimum atomic E-state index is -0.153. The van der Waals surface area contributed by atoms with Crippen LogP contribution in [-0.2, 0) is 19.0 Å². The smallest absolute Gasteiger partial charge is 0.254 e. The lowest BCUT2D eigenvalue weighted by Gasteiger charge is -2.44. The average molecular weight is 515 g/mol. The molecule has 8 nitrogen and oxygen atoms in total. The number of hydrogen-bond donors (Lipinski definition) is 0. The number of aryl methyl sites for hydroxylation is 3. The highest BCUT2D eigenvalue weighted by Crippen LogP contribution is 2.33. The molecule has 0 saturated carbocycles. The predicted octanol–water partition coefficient (Wildman–Crippen LogP) is 5.27. The van der Waals surface area contributed by atoms with Gasteiger partial charge in [0.1, 0.15) is 12.1 Å². The summed E-state index contributed by atoms with van der Waals surface area (Å²) in [5, 5.41) is 1.03. The number of fused-ring (bicyclic) bond motifs is 1. The molecule has 0 radical (unpaired) electrons. The van der Waals surface area contributed by atoms with Crippen molar-refractivity contribution in [1.82, 2.24) is 29.3 Å². The van der Waals surface area contributed by atoms with E-state index >= 15 is 0 Å². The van der Waals surface area contributed by atoms with Crippen molar-refractivity contribution in [3.8, 4) is 11.3 Å². The Labute approximate surface area is 224 Å². The molecule has 0 spiro atoms. The highest BCUT2D eigenvalue weighted by Gasteiger charge is 2.33. The fourth-order valence-electron chi connectivity index (χ4n) is 5.38. The van der Waals surface area contributed by atoms with Gasteiger partial charge in [-0.05, 0) is 44.5 Å². The van der Waals surface area contributed by atoms with Crippen LogP contribution in [-0.4, -0.2) is 60.4 Å². The van der Waals surface area contributed by atoms with Gasteiger partial charge in [-0.15, -0.1) is 0 Å². The van der Waals surface area contributed by atoms with Crippen LogP contribution in [0.15, 0.2) is 41.3 Å². The van der Waals surface area contributed by atoms with Gasteiger partial charge in [0.05, 0.1) is 11.4 Å². The van der Waals surface area contributed by atoms with E-state index in [1.807, 2.05) is 38.1 Å². The summed E-state index contributed by atoms with van der Waals surface area (Å²) in [5.74, 6) is 1.56. The van der Waals surface area contributed by atoms with Gasteiger partial charge in [0.2, 0.25) is 0 Å². The monoisotopic (exact) mass is 514 g/mol. The van der Waals surface area contributed by atoms with Crippen LogP contribution in [0.5, 0.6) is 0 Å². The third-order valence-electron chi connectivity index (χ3n) is 7.58. The molecule has 4 heterocycles. The number of benzene rings is 1. The van der Waals surface area contributed by atoms with E-state index in [1.54, 1.807) is 6.26 Å². The maximum Gasteiger partial charge on any atom is 0.254 e. The maximum absolute atomic E-state index is 14.0. The fraction of sp³-hybridized carbons (Fsp3) is 0.467. The number of piperazine rings is 1. The molecule has 1 amide bonds. The molecule has 0 aliphatic carbocycles. The first-order valence-corrected chi connectivity index (χ1v) is 13.3. The van der Waals surface area contributed by atoms with E-state index in [0.29, 0.717) is 12.4 Å². The lowest BCUT2D eigenvalue weighted by Crippen LogP contribution is -2.57. The summed E-state index contributed by atoms with van der Waals surface area (Å²) in [6.45, 7) is 16.7. The molecule has 38 heavy (non-hydrogen) atoms. The Morgan fingerprint density at radius 3 is 2.55 bits per heavy atom. The van der Waals surface area contributed by atoms with E-state index in [4.69, 9.17) is 9.40 Å². The first kappa shape index (κ1) is 26.1. The molecule has 5 rings (SSSR count). The molecule has 1 saturated heterocycles. The Kier molecular flexibility index (Phi) is 6.63. The van der Waals surface area contributed by atoms with Gasteiger partial charge in [-0.1, -0.05) is 20.8 Å². The lowest BCUT2D eigenvalue weighted by molar-refractivity contribution is 0.0286. The molecular formula is C30H38N6O2. The number of carbonyl (C=O) groups excluding carboxylic acids is 1. The number of amides is 1. The zero-order valence-corrected chi connectivity index (χ0v) is 23.7. The van der Waals surface area contributed by atoms with Gasteiger partial charge >= 0.3 is 0 Å². The summed E-state index contributed by atoms with van der Waals surface area (Å²) in [6, 6.07) is 6.41. The summed E-state index contributed by atoms with van der Waals surface area (Å²) in [5.41, 5.74) is 5.47. The zero-order chi connectivity index (χ0) is 27.4. The Balaban J connectivity index is 1.46. The van der Waals surface area contributed by atoms with Gasteiger partial charge in [0.25, 0.3) is 5.91 Å². The third kappa shape index (κ3) is 4.85. The highest BCUT2D eigenvalue weighted by molar-refractivity contribution is 6.04. The molecular weight excluding hydrogens is 476 g/mol. The van der Waals surface area contributed by atoms with Crippen molar-refractivity contribution in [3.63, 3.8) is 0 Å². The Bertz CT molecular complexity index is 1490. The van der Waals surface area contributed by atoms with Gasteiger partial charge in [-0.2, -0.15) is 0 Å². The van der Waals surface area contributed by atoms with E-state index in [-0.39, 0.29) is 23.4 Å². The molecule has 2 unspecified atom stereocenters. The first-order valence-electron chi connectivity index (χ1n) is 13.3. The number of aromatic nitrogens is 4. The van der Waals surface area contributed by atoms with E-state index in [0.717, 1.165) is 57.9 Å². The van der Waals surface area contributed by atoms with Gasteiger partial charge < -0.3 is 13.9 Å². The number of nitrogens with zero attached hydrogens (tertiary/aromatic N) is 6. The molecule has 8 heteroatoms. The summed E-state index contributed by atoms with van der Waals surface area (Å²) < 4.78 is 7.50. The van der Waals surface area contributed by atoms with E-state index < -0.39 is 0 Å². The van der Waals surface area contributed by atoms with Crippen LogP contribution in [0.25, 0.3) is 22.2 Å². The second-order valence-corrected chi connectivity index (χ2v) is 11.8. The molecule has 1 aliphatic rings. The fourth-order valence-corrected chi connectivity index (χ4v) is 5.38. The number of rotatable bonds is 4. The minimum Gasteiger partial charge on any atom is -0.449 e. The molecule has 200 valence electrons. The topological polar surface area (TPSA) is 80.3 Å². The van der Waals surface area contributed by atoms with Crippen molar-refractivity contribution in [3.05, 3.63) is 65.4 Å². The van der Waals surface area contributed by atoms with Crippen molar-refractivity contribution in [2.24, 2.45) is 7.05 Å². The molecule has 4 aromatic rings. The van der Waals surface area contributed by atoms with Crippen molar-refractivity contribution < 1.29 is 9.21 Å². The third-order valence-corrected chi connectivity index (χ3v) is 7.58. The quantitative estimate of drug-likeness (QED) is 0.369. The first-order chi connectivity index (χ1) is 17.9. The van der Waals surface area contributed by atoms with Crippen molar-refractivity contribution in [1.29, 1.82) is 0 Å². The highest BCUT2D eigenvalue weighted by atomic mass is 16.3. The van der Waals surface area contributed by atoms with Gasteiger partial charge in [0.15, 0.2) is 5.89 Å². The van der Waals surface area contributed by atoms with E-state index in [9.17, 15) is 4.79 Å². The van der Waals surface area contributed by atoms with Crippen LogP contribution >= 0.6 is 0 Å². The molecule has 0 N–H and O–H groups in total. The molecule has 1 aromatic carbocycles. The van der Waals surface area contributed by atoms with Crippen LogP contribution in [0.2, 0.25) is 0 Å². The zero-order valence-electron chi connectivity index (χ0n) is 23.7. The maximum atomic E-state index is 14.0. The van der Waals surface area contributed by atoms with Crippen LogP contribution < -0.4 is 0 Å². The molecule has 1 fully saturated rings. The summed E-state index contributed by atoms with van der Waals surface area (Å²) >= 11 is 0. The van der Waals surface area contributed by atoms with Crippen LogP contribution in [0, 0.1) is 13.8 Å². The van der Waals surface area contributed by atoms with Crippen molar-refractivity contribution >= 4 is 16.8 Å². The summed E-state index contributed by atoms with van der Waals surface area (Å²) in [7, 11) is 2.04. The normalized spacial score (nSPS) is 18.9. The van der Waals surface area contributed by atoms with Gasteiger partial charge in [0, 0.05) is 85.5 Å². The molecule has 1 aliphatic heterocycles. The summed E-state index contributed by atoms with van der Waals surface area (Å²) in [6.07, 6.45) is 5.65. The molecule has 0 bridgehead atoms. The van der Waals surface area contributed by atoms with Crippen LogP contribution in [0.3, 0.4) is 0 Å². The second-order valence-electron chi connectivity index (χ2n) is 11.8. The van der Waals surface area contributed by atoms with Crippen molar-refractivity contribution in [2.45, 2.75) is 72.5 Å². The molecule has 2 atom stereocenters. The van der Waals surface area contributed by atoms with E-state index in [2.05, 4.69) is 72.4 Å². The number of carbonyl (C=O) groups is 1.